The predicted octanol–water partition coefficient (Wildman–Crippen LogP) is -1.22. The number of guanidine groups is 1. The zero-order chi connectivity index (χ0) is 16.7. The average Bonchev–Trinajstić information content (AvgIpc) is 2.44. The summed E-state index contributed by atoms with van der Waals surface area (Å²) in [4.78, 5) is 34.6. The number of non-ortho nitro benzene ring substituents is 2. The van der Waals surface area contributed by atoms with E-state index in [-0.39, 0.29) is 16.5 Å². The lowest BCUT2D eigenvalue weighted by molar-refractivity contribution is -0.394. The fourth-order valence-corrected chi connectivity index (χ4v) is 1.22. The molecule has 0 aliphatic rings. The number of hydroxylamine groups is 1. The highest BCUT2D eigenvalue weighted by molar-refractivity contribution is 5.84. The first kappa shape index (κ1) is 22.6. The van der Waals surface area contributed by atoms with Gasteiger partial charge in [0.1, 0.15) is 0 Å². The zero-order valence-corrected chi connectivity index (χ0v) is 12.1. The Hall–Kier alpha value is -3.65. The fraction of sp³-hybridized carbons (Fsp3) is 0.100. The van der Waals surface area contributed by atoms with Gasteiger partial charge in [-0.25, -0.2) is 5.43 Å². The second-order valence-corrected chi connectivity index (χ2v) is 3.74. The summed E-state index contributed by atoms with van der Waals surface area (Å²) in [6.45, 7) is 1.12. The van der Waals surface area contributed by atoms with Gasteiger partial charge in [-0.05, 0) is 0 Å². The van der Waals surface area contributed by atoms with Crippen LogP contribution in [0.4, 0.5) is 11.4 Å². The Kier molecular flexibility index (Phi) is 9.56. The van der Waals surface area contributed by atoms with Crippen LogP contribution in [0.3, 0.4) is 0 Å². The number of hydrogen-bond donors (Lipinski definition) is 3. The molecule has 14 heteroatoms. The molecular weight excluding hydrogens is 332 g/mol. The first-order chi connectivity index (χ1) is 10.3. The molecule has 0 spiro atoms. The number of nitro groups is 2. The summed E-state index contributed by atoms with van der Waals surface area (Å²) in [7, 11) is 0. The first-order valence-corrected chi connectivity index (χ1v) is 5.54. The highest BCUT2D eigenvalue weighted by Gasteiger charge is 2.15. The monoisotopic (exact) mass is 346 g/mol. The molecule has 1 rings (SSSR count). The maximum atomic E-state index is 10.7. The van der Waals surface area contributed by atoms with Gasteiger partial charge in [0.15, 0.2) is 0 Å². The standard InChI is InChI=1S/C10H10N6O6.2H2O/c1-6(17)22-14-10(11)13-12-5-7-2-8(15(18)19)4-9(3-7)16(20)21;;/h2-5H,1H3,(H3,11,13,14);2*1H2. The van der Waals surface area contributed by atoms with Crippen LogP contribution in [0, 0.1) is 25.6 Å². The van der Waals surface area contributed by atoms with Gasteiger partial charge in [0.05, 0.1) is 22.1 Å². The van der Waals surface area contributed by atoms with Crippen molar-refractivity contribution < 1.29 is 30.4 Å². The Morgan fingerprint density at radius 2 is 1.71 bits per heavy atom. The smallest absolute Gasteiger partial charge is 0.329 e. The van der Waals surface area contributed by atoms with Gasteiger partial charge in [0.2, 0.25) is 5.96 Å². The van der Waals surface area contributed by atoms with Gasteiger partial charge in [-0.1, -0.05) is 0 Å². The molecule has 0 radical (unpaired) electrons. The molecule has 0 amide bonds. The maximum Gasteiger partial charge on any atom is 0.329 e. The molecule has 0 heterocycles. The lowest BCUT2D eigenvalue weighted by atomic mass is 10.2. The predicted molar refractivity (Wildman–Crippen MR) is 80.3 cm³/mol. The van der Waals surface area contributed by atoms with E-state index in [9.17, 15) is 25.0 Å². The molecule has 0 aliphatic carbocycles. The van der Waals surface area contributed by atoms with E-state index in [0.29, 0.717) is 0 Å². The molecule has 14 nitrogen and oxygen atoms in total. The van der Waals surface area contributed by atoms with E-state index < -0.39 is 33.2 Å². The van der Waals surface area contributed by atoms with Crippen molar-refractivity contribution in [2.24, 2.45) is 5.10 Å². The Morgan fingerprint density at radius 1 is 1.21 bits per heavy atom. The zero-order valence-electron chi connectivity index (χ0n) is 12.1. The van der Waals surface area contributed by atoms with E-state index in [1.165, 1.54) is 0 Å². The normalized spacial score (nSPS) is 9.21. The number of carbonyl (C=O) groups excluding carboxylic acids is 1. The third-order valence-corrected chi connectivity index (χ3v) is 2.03. The second kappa shape index (κ2) is 10.1. The van der Waals surface area contributed by atoms with Gasteiger partial charge in [0.25, 0.3) is 11.4 Å². The molecule has 0 saturated heterocycles. The molecule has 0 saturated carbocycles. The average molecular weight is 346 g/mol. The van der Waals surface area contributed by atoms with Gasteiger partial charge in [0, 0.05) is 24.6 Å². The van der Waals surface area contributed by atoms with Gasteiger partial charge in [-0.3, -0.25) is 30.4 Å². The summed E-state index contributed by atoms with van der Waals surface area (Å²) in [5.41, 5.74) is 3.17. The summed E-state index contributed by atoms with van der Waals surface area (Å²) in [6, 6.07) is 2.96. The third-order valence-electron chi connectivity index (χ3n) is 2.03. The van der Waals surface area contributed by atoms with Crippen LogP contribution in [0.2, 0.25) is 0 Å². The Bertz CT molecular complexity index is 628. The Labute approximate surface area is 133 Å². The Morgan fingerprint density at radius 3 is 2.12 bits per heavy atom. The number of rotatable bonds is 4. The van der Waals surface area contributed by atoms with E-state index in [1.54, 1.807) is 0 Å². The molecule has 0 aromatic heterocycles. The molecule has 1 aromatic carbocycles. The molecule has 0 fully saturated rings. The lowest BCUT2D eigenvalue weighted by Gasteiger charge is -2.04. The molecule has 0 atom stereocenters. The molecule has 24 heavy (non-hydrogen) atoms. The van der Waals surface area contributed by atoms with Crippen molar-refractivity contribution in [3.63, 3.8) is 0 Å². The number of nitro benzene ring substituents is 2. The van der Waals surface area contributed by atoms with Crippen LogP contribution >= 0.6 is 0 Å². The van der Waals surface area contributed by atoms with Crippen LogP contribution in [0.25, 0.3) is 0 Å². The molecule has 132 valence electrons. The van der Waals surface area contributed by atoms with Gasteiger partial charge in [-0.2, -0.15) is 10.6 Å². The SMILES string of the molecule is CC(=O)ONC(=N)NN=Cc1cc([N+](=O)[O-])cc([N+](=O)[O-])c1.O.O. The summed E-state index contributed by atoms with van der Waals surface area (Å²) in [6.07, 6.45) is 1.03. The Balaban J connectivity index is 0. The van der Waals surface area contributed by atoms with E-state index in [2.05, 4.69) is 15.4 Å². The number of nitrogens with one attached hydrogen (secondary N) is 3. The minimum Gasteiger partial charge on any atom is -0.412 e. The van der Waals surface area contributed by atoms with Crippen LogP contribution in [0.5, 0.6) is 0 Å². The minimum absolute atomic E-state index is 0. The van der Waals surface area contributed by atoms with E-state index in [0.717, 1.165) is 31.3 Å². The summed E-state index contributed by atoms with van der Waals surface area (Å²) >= 11 is 0. The van der Waals surface area contributed by atoms with Crippen LogP contribution in [-0.4, -0.2) is 38.9 Å². The summed E-state index contributed by atoms with van der Waals surface area (Å²) in [5.74, 6) is -1.16. The topological polar surface area (TPSA) is 236 Å². The van der Waals surface area contributed by atoms with Crippen LogP contribution < -0.4 is 10.9 Å². The minimum atomic E-state index is -0.776. The van der Waals surface area contributed by atoms with Gasteiger partial charge < -0.3 is 15.8 Å². The largest absolute Gasteiger partial charge is 0.412 e. The maximum absolute atomic E-state index is 10.7. The number of carbonyl (C=O) groups is 1. The molecule has 7 N–H and O–H groups in total. The summed E-state index contributed by atoms with van der Waals surface area (Å²) < 4.78 is 0. The molecule has 1 aromatic rings. The number of benzene rings is 1. The first-order valence-electron chi connectivity index (χ1n) is 5.54. The highest BCUT2D eigenvalue weighted by Crippen LogP contribution is 2.21. The number of hydrogen-bond acceptors (Lipinski definition) is 8. The molecule has 0 unspecified atom stereocenters. The van der Waals surface area contributed by atoms with Crippen molar-refractivity contribution in [3.8, 4) is 0 Å². The molecular formula is C10H14N6O8. The van der Waals surface area contributed by atoms with Crippen LogP contribution in [0.1, 0.15) is 12.5 Å². The van der Waals surface area contributed by atoms with Crippen molar-refractivity contribution >= 4 is 29.5 Å². The molecule has 0 aliphatic heterocycles. The van der Waals surface area contributed by atoms with Crippen molar-refractivity contribution in [2.75, 3.05) is 0 Å². The van der Waals surface area contributed by atoms with Crippen molar-refractivity contribution in [2.45, 2.75) is 6.92 Å². The van der Waals surface area contributed by atoms with Gasteiger partial charge >= 0.3 is 5.97 Å². The van der Waals surface area contributed by atoms with E-state index in [1.807, 2.05) is 5.48 Å². The van der Waals surface area contributed by atoms with E-state index >= 15 is 0 Å². The highest BCUT2D eigenvalue weighted by atomic mass is 16.7. The lowest BCUT2D eigenvalue weighted by Crippen LogP contribution is -2.34. The number of nitrogens with zero attached hydrogens (tertiary/aromatic N) is 3. The summed E-state index contributed by atoms with van der Waals surface area (Å²) in [5, 5.41) is 32.1. The van der Waals surface area contributed by atoms with Crippen LogP contribution in [0.15, 0.2) is 23.3 Å². The van der Waals surface area contributed by atoms with Crippen molar-refractivity contribution in [1.29, 1.82) is 5.41 Å². The van der Waals surface area contributed by atoms with Gasteiger partial charge in [-0.15, -0.1) is 0 Å². The molecule has 0 bridgehead atoms. The van der Waals surface area contributed by atoms with Crippen molar-refractivity contribution in [1.82, 2.24) is 10.9 Å². The van der Waals surface area contributed by atoms with Crippen LogP contribution in [-0.2, 0) is 9.63 Å². The number of hydrazone groups is 1. The quantitative estimate of drug-likeness (QED) is 0.258. The second-order valence-electron chi connectivity index (χ2n) is 3.74. The third kappa shape index (κ3) is 7.38. The van der Waals surface area contributed by atoms with Crippen molar-refractivity contribution in [3.05, 3.63) is 44.0 Å². The van der Waals surface area contributed by atoms with E-state index in [4.69, 9.17) is 5.41 Å². The fourth-order valence-electron chi connectivity index (χ4n) is 1.22.